The van der Waals surface area contributed by atoms with Crippen LogP contribution in [0.4, 0.5) is 11.4 Å². The number of rotatable bonds is 11. The molecule has 2 aliphatic rings. The summed E-state index contributed by atoms with van der Waals surface area (Å²) in [6.45, 7) is 11.9. The summed E-state index contributed by atoms with van der Waals surface area (Å²) in [5, 5.41) is 6.15. The third-order valence-corrected chi connectivity index (χ3v) is 7.51. The number of nitrogens with zero attached hydrogens (tertiary/aromatic N) is 2. The predicted octanol–water partition coefficient (Wildman–Crippen LogP) is 4.90. The Labute approximate surface area is 200 Å². The monoisotopic (exact) mass is 456 g/mol. The van der Waals surface area contributed by atoms with Gasteiger partial charge in [-0.1, -0.05) is 46.5 Å². The lowest BCUT2D eigenvalue weighted by atomic mass is 9.97. The number of hydrogen-bond acceptors (Lipinski definition) is 4. The second kappa shape index (κ2) is 13.0. The maximum Gasteiger partial charge on any atom is 0.253 e. The molecule has 0 bridgehead atoms. The molecule has 1 saturated heterocycles. The molecule has 1 aromatic rings. The Morgan fingerprint density at radius 2 is 1.76 bits per heavy atom. The van der Waals surface area contributed by atoms with Gasteiger partial charge < -0.3 is 20.4 Å². The van der Waals surface area contributed by atoms with Crippen LogP contribution in [0.1, 0.15) is 82.5 Å². The molecule has 0 aromatic heterocycles. The van der Waals surface area contributed by atoms with Crippen molar-refractivity contribution in [3.05, 3.63) is 23.8 Å². The number of benzene rings is 1. The van der Waals surface area contributed by atoms with Crippen LogP contribution >= 0.6 is 0 Å². The molecule has 2 fully saturated rings. The highest BCUT2D eigenvalue weighted by atomic mass is 16.2. The largest absolute Gasteiger partial charge is 0.371 e. The molecular weight excluding hydrogens is 412 g/mol. The van der Waals surface area contributed by atoms with Gasteiger partial charge in [0.15, 0.2) is 0 Å². The average Bonchev–Trinajstić information content (AvgIpc) is 3.35. The quantitative estimate of drug-likeness (QED) is 0.497. The molecule has 0 unspecified atom stereocenters. The van der Waals surface area contributed by atoms with Gasteiger partial charge >= 0.3 is 0 Å². The van der Waals surface area contributed by atoms with Gasteiger partial charge in [0.1, 0.15) is 0 Å². The van der Waals surface area contributed by atoms with Gasteiger partial charge in [0.05, 0.1) is 5.56 Å². The zero-order valence-electron chi connectivity index (χ0n) is 21.0. The van der Waals surface area contributed by atoms with E-state index in [1.165, 1.54) is 25.7 Å². The number of carbonyl (C=O) groups is 2. The molecule has 6 nitrogen and oxygen atoms in total. The number of nitrogens with one attached hydrogen (secondary N) is 2. The molecule has 0 spiro atoms. The molecule has 2 N–H and O–H groups in total. The molecule has 1 aliphatic carbocycles. The molecule has 1 aromatic carbocycles. The second-order valence-electron chi connectivity index (χ2n) is 9.92. The van der Waals surface area contributed by atoms with E-state index in [0.717, 1.165) is 69.3 Å². The third-order valence-electron chi connectivity index (χ3n) is 7.51. The van der Waals surface area contributed by atoms with Gasteiger partial charge in [0.25, 0.3) is 5.91 Å². The van der Waals surface area contributed by atoms with Crippen molar-refractivity contribution in [2.45, 2.75) is 72.1 Å². The van der Waals surface area contributed by atoms with Crippen molar-refractivity contribution in [2.24, 2.45) is 11.8 Å². The van der Waals surface area contributed by atoms with Crippen LogP contribution < -0.4 is 15.5 Å². The predicted molar refractivity (Wildman–Crippen MR) is 137 cm³/mol. The van der Waals surface area contributed by atoms with Crippen molar-refractivity contribution in [3.8, 4) is 0 Å². The number of carbonyl (C=O) groups excluding carboxylic acids is 2. The van der Waals surface area contributed by atoms with Gasteiger partial charge in [0, 0.05) is 44.0 Å². The van der Waals surface area contributed by atoms with Gasteiger partial charge in [-0.05, 0) is 62.4 Å². The fourth-order valence-corrected chi connectivity index (χ4v) is 5.14. The summed E-state index contributed by atoms with van der Waals surface area (Å²) in [5.74, 6) is 1.42. The van der Waals surface area contributed by atoms with Crippen LogP contribution in [0.25, 0.3) is 0 Å². The molecule has 0 atom stereocenters. The summed E-state index contributed by atoms with van der Waals surface area (Å²) >= 11 is 0. The first-order chi connectivity index (χ1) is 16.0. The maximum absolute atomic E-state index is 13.2. The standard InChI is InChI=1S/C27H44N4O2/c1-4-30(5-2)19-16-28-27(33)24-20-23(29-26(32)13-10-22-8-6-7-9-22)11-12-25(24)31-17-14-21(3)15-18-31/h11-12,20-22H,4-10,13-19H2,1-3H3,(H,28,33)(H,29,32). The Morgan fingerprint density at radius 1 is 1.06 bits per heavy atom. The normalized spacial score (nSPS) is 17.5. The molecular formula is C27H44N4O2. The smallest absolute Gasteiger partial charge is 0.253 e. The summed E-state index contributed by atoms with van der Waals surface area (Å²) in [4.78, 5) is 30.4. The van der Waals surface area contributed by atoms with Crippen LogP contribution in [0, 0.1) is 11.8 Å². The van der Waals surface area contributed by atoms with Gasteiger partial charge in [-0.2, -0.15) is 0 Å². The fourth-order valence-electron chi connectivity index (χ4n) is 5.14. The van der Waals surface area contributed by atoms with E-state index in [4.69, 9.17) is 0 Å². The zero-order valence-corrected chi connectivity index (χ0v) is 21.0. The highest BCUT2D eigenvalue weighted by Gasteiger charge is 2.22. The minimum Gasteiger partial charge on any atom is -0.371 e. The second-order valence-corrected chi connectivity index (χ2v) is 9.92. The van der Waals surface area contributed by atoms with E-state index in [1.54, 1.807) is 0 Å². The van der Waals surface area contributed by atoms with Crippen LogP contribution in [0.2, 0.25) is 0 Å². The summed E-state index contributed by atoms with van der Waals surface area (Å²) < 4.78 is 0. The van der Waals surface area contributed by atoms with Crippen molar-refractivity contribution in [3.63, 3.8) is 0 Å². The van der Waals surface area contributed by atoms with Crippen LogP contribution in [0.3, 0.4) is 0 Å². The number of likely N-dealkylation sites (N-methyl/N-ethyl adjacent to an activating group) is 1. The van der Waals surface area contributed by atoms with Gasteiger partial charge in [-0.3, -0.25) is 9.59 Å². The van der Waals surface area contributed by atoms with Gasteiger partial charge in [-0.15, -0.1) is 0 Å². The van der Waals surface area contributed by atoms with E-state index < -0.39 is 0 Å². The molecule has 3 rings (SSSR count). The number of hydrogen-bond donors (Lipinski definition) is 2. The molecule has 1 aliphatic heterocycles. The topological polar surface area (TPSA) is 64.7 Å². The van der Waals surface area contributed by atoms with E-state index in [9.17, 15) is 9.59 Å². The molecule has 184 valence electrons. The van der Waals surface area contributed by atoms with Crippen LogP contribution in [0.5, 0.6) is 0 Å². The van der Waals surface area contributed by atoms with Crippen molar-refractivity contribution in [1.29, 1.82) is 0 Å². The zero-order chi connectivity index (χ0) is 23.6. The van der Waals surface area contributed by atoms with E-state index in [0.29, 0.717) is 24.4 Å². The molecule has 2 amide bonds. The first kappa shape index (κ1) is 25.5. The van der Waals surface area contributed by atoms with Crippen molar-refractivity contribution in [1.82, 2.24) is 10.2 Å². The lowest BCUT2D eigenvalue weighted by Crippen LogP contribution is -2.37. The molecule has 6 heteroatoms. The number of piperidine rings is 1. The fraction of sp³-hybridized carbons (Fsp3) is 0.704. The first-order valence-electron chi connectivity index (χ1n) is 13.2. The highest BCUT2D eigenvalue weighted by molar-refractivity contribution is 6.02. The molecule has 33 heavy (non-hydrogen) atoms. The Balaban J connectivity index is 1.67. The highest BCUT2D eigenvalue weighted by Crippen LogP contribution is 2.30. The van der Waals surface area contributed by atoms with E-state index >= 15 is 0 Å². The number of amides is 2. The van der Waals surface area contributed by atoms with Crippen LogP contribution in [-0.2, 0) is 4.79 Å². The SMILES string of the molecule is CCN(CC)CCNC(=O)c1cc(NC(=O)CCC2CCCC2)ccc1N1CCC(C)CC1. The Bertz CT molecular complexity index is 763. The van der Waals surface area contributed by atoms with E-state index in [1.807, 2.05) is 18.2 Å². The Kier molecular flexibility index (Phi) is 10.0. The third kappa shape index (κ3) is 7.73. The first-order valence-corrected chi connectivity index (χ1v) is 13.2. The summed E-state index contributed by atoms with van der Waals surface area (Å²) in [7, 11) is 0. The summed E-state index contributed by atoms with van der Waals surface area (Å²) in [6, 6.07) is 5.84. The molecule has 1 saturated carbocycles. The number of anilines is 2. The van der Waals surface area contributed by atoms with Crippen molar-refractivity contribution < 1.29 is 9.59 Å². The summed E-state index contributed by atoms with van der Waals surface area (Å²) in [5.41, 5.74) is 2.36. The Hall–Kier alpha value is -2.08. The molecule has 1 heterocycles. The van der Waals surface area contributed by atoms with Gasteiger partial charge in [-0.25, -0.2) is 0 Å². The van der Waals surface area contributed by atoms with Crippen LogP contribution in [0.15, 0.2) is 18.2 Å². The minimum absolute atomic E-state index is 0.0503. The van der Waals surface area contributed by atoms with Gasteiger partial charge in [0.2, 0.25) is 5.91 Å². The minimum atomic E-state index is -0.0576. The van der Waals surface area contributed by atoms with E-state index in [2.05, 4.69) is 41.2 Å². The summed E-state index contributed by atoms with van der Waals surface area (Å²) in [6.07, 6.45) is 8.93. The van der Waals surface area contributed by atoms with Crippen LogP contribution in [-0.4, -0.2) is 56.0 Å². The maximum atomic E-state index is 13.2. The average molecular weight is 457 g/mol. The van der Waals surface area contributed by atoms with Crippen molar-refractivity contribution >= 4 is 23.2 Å². The Morgan fingerprint density at radius 3 is 2.42 bits per heavy atom. The lowest BCUT2D eigenvalue weighted by Gasteiger charge is -2.33. The lowest BCUT2D eigenvalue weighted by molar-refractivity contribution is -0.116. The van der Waals surface area contributed by atoms with Crippen molar-refractivity contribution in [2.75, 3.05) is 49.5 Å². The molecule has 0 radical (unpaired) electrons. The van der Waals surface area contributed by atoms with E-state index in [-0.39, 0.29) is 11.8 Å².